The Morgan fingerprint density at radius 3 is 2.26 bits per heavy atom. The first-order valence-corrected chi connectivity index (χ1v) is 7.46. The lowest BCUT2D eigenvalue weighted by atomic mass is 10.0. The standard InChI is InChI=1S/C15H12Br2F2/c1-8-3-4-10(12(16)5-8)15(17)11-7-13(18)9(2)6-14(11)19/h3-7,15H,1-2H3. The molecule has 4 heteroatoms. The van der Waals surface area contributed by atoms with Crippen molar-refractivity contribution in [2.75, 3.05) is 0 Å². The Morgan fingerprint density at radius 2 is 1.63 bits per heavy atom. The maximum Gasteiger partial charge on any atom is 0.128 e. The summed E-state index contributed by atoms with van der Waals surface area (Å²) < 4.78 is 28.4. The van der Waals surface area contributed by atoms with Crippen LogP contribution < -0.4 is 0 Å². The highest BCUT2D eigenvalue weighted by atomic mass is 79.9. The predicted octanol–water partition coefficient (Wildman–Crippen LogP) is 5.83. The van der Waals surface area contributed by atoms with Crippen molar-refractivity contribution in [2.45, 2.75) is 18.7 Å². The van der Waals surface area contributed by atoms with Crippen molar-refractivity contribution in [1.29, 1.82) is 0 Å². The highest BCUT2D eigenvalue weighted by Crippen LogP contribution is 2.37. The van der Waals surface area contributed by atoms with E-state index in [2.05, 4.69) is 31.9 Å². The highest BCUT2D eigenvalue weighted by molar-refractivity contribution is 9.11. The largest absolute Gasteiger partial charge is 0.207 e. The van der Waals surface area contributed by atoms with Crippen LogP contribution >= 0.6 is 31.9 Å². The van der Waals surface area contributed by atoms with E-state index in [1.807, 2.05) is 25.1 Å². The van der Waals surface area contributed by atoms with E-state index in [1.165, 1.54) is 12.1 Å². The lowest BCUT2D eigenvalue weighted by molar-refractivity contribution is 0.581. The molecular formula is C15H12Br2F2. The second-order valence-electron chi connectivity index (χ2n) is 4.51. The van der Waals surface area contributed by atoms with Gasteiger partial charge in [-0.25, -0.2) is 8.78 Å². The average molecular weight is 390 g/mol. The molecule has 0 heterocycles. The van der Waals surface area contributed by atoms with Crippen molar-refractivity contribution < 1.29 is 8.78 Å². The molecule has 0 bridgehead atoms. The van der Waals surface area contributed by atoms with Gasteiger partial charge < -0.3 is 0 Å². The van der Waals surface area contributed by atoms with Crippen LogP contribution in [0.3, 0.4) is 0 Å². The first kappa shape index (κ1) is 14.7. The van der Waals surface area contributed by atoms with Gasteiger partial charge in [0.25, 0.3) is 0 Å². The minimum atomic E-state index is -0.409. The van der Waals surface area contributed by atoms with Crippen LogP contribution in [0.1, 0.15) is 27.1 Å². The fraction of sp³-hybridized carbons (Fsp3) is 0.200. The zero-order valence-corrected chi connectivity index (χ0v) is 13.6. The van der Waals surface area contributed by atoms with E-state index in [4.69, 9.17) is 0 Å². The Morgan fingerprint density at radius 1 is 0.947 bits per heavy atom. The molecule has 0 radical (unpaired) electrons. The maximum absolute atomic E-state index is 14.0. The zero-order valence-electron chi connectivity index (χ0n) is 10.5. The Labute approximate surface area is 128 Å². The molecule has 0 aliphatic carbocycles. The normalized spacial score (nSPS) is 12.5. The molecule has 0 saturated heterocycles. The second-order valence-corrected chi connectivity index (χ2v) is 6.28. The summed E-state index contributed by atoms with van der Waals surface area (Å²) in [4.78, 5) is -0.391. The van der Waals surface area contributed by atoms with E-state index in [-0.39, 0.29) is 0 Å². The first-order valence-electron chi connectivity index (χ1n) is 5.76. The van der Waals surface area contributed by atoms with Gasteiger partial charge in [-0.15, -0.1) is 0 Å². The third-order valence-corrected chi connectivity index (χ3v) is 4.65. The molecule has 2 aromatic carbocycles. The fourth-order valence-electron chi connectivity index (χ4n) is 1.86. The summed E-state index contributed by atoms with van der Waals surface area (Å²) in [7, 11) is 0. The van der Waals surface area contributed by atoms with E-state index >= 15 is 0 Å². The monoisotopic (exact) mass is 388 g/mol. The van der Waals surface area contributed by atoms with Crippen LogP contribution in [-0.4, -0.2) is 0 Å². The smallest absolute Gasteiger partial charge is 0.128 e. The van der Waals surface area contributed by atoms with Crippen LogP contribution in [0.15, 0.2) is 34.8 Å². The van der Waals surface area contributed by atoms with Gasteiger partial charge in [0, 0.05) is 10.0 Å². The van der Waals surface area contributed by atoms with Gasteiger partial charge in [0.15, 0.2) is 0 Å². The fourth-order valence-corrected chi connectivity index (χ4v) is 3.64. The number of rotatable bonds is 2. The van der Waals surface area contributed by atoms with Crippen LogP contribution in [0, 0.1) is 25.5 Å². The van der Waals surface area contributed by atoms with Crippen molar-refractivity contribution in [2.24, 2.45) is 0 Å². The Bertz CT molecular complexity index is 624. The molecule has 0 aliphatic heterocycles. The summed E-state index contributed by atoms with van der Waals surface area (Å²) in [6.07, 6.45) is 0. The van der Waals surface area contributed by atoms with Gasteiger partial charge in [-0.3, -0.25) is 0 Å². The molecule has 2 rings (SSSR count). The highest BCUT2D eigenvalue weighted by Gasteiger charge is 2.19. The van der Waals surface area contributed by atoms with Crippen molar-refractivity contribution >= 4 is 31.9 Å². The molecule has 1 unspecified atom stereocenters. The predicted molar refractivity (Wildman–Crippen MR) is 80.7 cm³/mol. The number of benzene rings is 2. The van der Waals surface area contributed by atoms with Gasteiger partial charge in [0.05, 0.1) is 4.83 Å². The average Bonchev–Trinajstić information content (AvgIpc) is 2.33. The number of alkyl halides is 1. The molecule has 0 N–H and O–H groups in total. The van der Waals surface area contributed by atoms with Crippen molar-refractivity contribution in [3.8, 4) is 0 Å². The summed E-state index contributed by atoms with van der Waals surface area (Å²) in [5, 5.41) is 0. The topological polar surface area (TPSA) is 0 Å². The van der Waals surface area contributed by atoms with Gasteiger partial charge in [-0.1, -0.05) is 44.0 Å². The van der Waals surface area contributed by atoms with Gasteiger partial charge in [-0.2, -0.15) is 0 Å². The lowest BCUT2D eigenvalue weighted by Crippen LogP contribution is -2.00. The van der Waals surface area contributed by atoms with Crippen LogP contribution in [0.5, 0.6) is 0 Å². The van der Waals surface area contributed by atoms with Crippen LogP contribution in [0.4, 0.5) is 8.78 Å². The van der Waals surface area contributed by atoms with Crippen LogP contribution in [0.25, 0.3) is 0 Å². The third-order valence-electron chi connectivity index (χ3n) is 2.98. The molecule has 0 aromatic heterocycles. The SMILES string of the molecule is Cc1ccc(C(Br)c2cc(F)c(C)cc2F)c(Br)c1. The summed E-state index contributed by atoms with van der Waals surface area (Å²) >= 11 is 6.90. The summed E-state index contributed by atoms with van der Waals surface area (Å²) in [5.74, 6) is -0.808. The van der Waals surface area contributed by atoms with E-state index in [9.17, 15) is 8.78 Å². The van der Waals surface area contributed by atoms with Crippen LogP contribution in [0.2, 0.25) is 0 Å². The molecule has 0 amide bonds. The van der Waals surface area contributed by atoms with Gasteiger partial charge in [0.1, 0.15) is 11.6 Å². The third kappa shape index (κ3) is 3.06. The van der Waals surface area contributed by atoms with Crippen molar-refractivity contribution in [3.05, 3.63) is 68.7 Å². The van der Waals surface area contributed by atoms with Crippen molar-refractivity contribution in [1.82, 2.24) is 0 Å². The number of aryl methyl sites for hydroxylation is 2. The number of hydrogen-bond acceptors (Lipinski definition) is 0. The van der Waals surface area contributed by atoms with Gasteiger partial charge in [-0.05, 0) is 48.7 Å². The lowest BCUT2D eigenvalue weighted by Gasteiger charge is -2.15. The molecule has 2 aromatic rings. The first-order chi connectivity index (χ1) is 8.90. The minimum Gasteiger partial charge on any atom is -0.207 e. The van der Waals surface area contributed by atoms with E-state index in [1.54, 1.807) is 6.92 Å². The van der Waals surface area contributed by atoms with E-state index in [0.717, 1.165) is 15.6 Å². The molecule has 0 nitrogen and oxygen atoms in total. The van der Waals surface area contributed by atoms with Crippen molar-refractivity contribution in [3.63, 3.8) is 0 Å². The molecule has 1 atom stereocenters. The molecule has 100 valence electrons. The molecule has 0 saturated carbocycles. The van der Waals surface area contributed by atoms with E-state index in [0.29, 0.717) is 11.1 Å². The quantitative estimate of drug-likeness (QED) is 0.567. The number of hydrogen-bond donors (Lipinski definition) is 0. The Balaban J connectivity index is 2.49. The molecule has 19 heavy (non-hydrogen) atoms. The number of halogens is 4. The second kappa shape index (κ2) is 5.71. The van der Waals surface area contributed by atoms with E-state index < -0.39 is 16.5 Å². The molecular weight excluding hydrogens is 378 g/mol. The Kier molecular flexibility index (Phi) is 4.41. The summed E-state index contributed by atoms with van der Waals surface area (Å²) in [5.41, 5.74) is 2.58. The molecule has 0 fully saturated rings. The summed E-state index contributed by atoms with van der Waals surface area (Å²) in [6, 6.07) is 8.26. The summed E-state index contributed by atoms with van der Waals surface area (Å²) in [6.45, 7) is 3.52. The minimum absolute atomic E-state index is 0.299. The zero-order chi connectivity index (χ0) is 14.2. The Hall–Kier alpha value is -0.740. The van der Waals surface area contributed by atoms with Gasteiger partial charge in [0.2, 0.25) is 0 Å². The molecule has 0 spiro atoms. The molecule has 0 aliphatic rings. The van der Waals surface area contributed by atoms with Crippen LogP contribution in [-0.2, 0) is 0 Å². The van der Waals surface area contributed by atoms with Gasteiger partial charge >= 0.3 is 0 Å². The maximum atomic E-state index is 14.0.